The maximum atomic E-state index is 11.3. The summed E-state index contributed by atoms with van der Waals surface area (Å²) in [7, 11) is 0. The van der Waals surface area contributed by atoms with Gasteiger partial charge in [0.15, 0.2) is 5.65 Å². The van der Waals surface area contributed by atoms with Gasteiger partial charge in [-0.2, -0.15) is 5.10 Å². The van der Waals surface area contributed by atoms with Crippen molar-refractivity contribution in [2.45, 2.75) is 31.2 Å². The quantitative estimate of drug-likeness (QED) is 0.719. The van der Waals surface area contributed by atoms with Gasteiger partial charge in [0.2, 0.25) is 0 Å². The SMILES string of the molecule is O=c1[nH]nc2cc(NC3(CO)CCCC3)ncn12. The van der Waals surface area contributed by atoms with Crippen molar-refractivity contribution in [1.82, 2.24) is 19.6 Å². The molecule has 0 unspecified atom stereocenters. The number of nitrogens with one attached hydrogen (secondary N) is 2. The third-order valence-corrected chi connectivity index (χ3v) is 3.57. The van der Waals surface area contributed by atoms with Gasteiger partial charge in [0, 0.05) is 6.07 Å². The van der Waals surface area contributed by atoms with Gasteiger partial charge in [-0.05, 0) is 12.8 Å². The molecule has 1 aliphatic rings. The van der Waals surface area contributed by atoms with Crippen molar-refractivity contribution in [2.75, 3.05) is 11.9 Å². The second kappa shape index (κ2) is 4.09. The van der Waals surface area contributed by atoms with E-state index in [2.05, 4.69) is 20.5 Å². The van der Waals surface area contributed by atoms with Gasteiger partial charge >= 0.3 is 5.69 Å². The summed E-state index contributed by atoms with van der Waals surface area (Å²) in [6, 6.07) is 1.70. The fourth-order valence-corrected chi connectivity index (χ4v) is 2.52. The van der Waals surface area contributed by atoms with Crippen LogP contribution in [0.4, 0.5) is 5.82 Å². The number of hydrogen-bond acceptors (Lipinski definition) is 5. The van der Waals surface area contributed by atoms with Crippen LogP contribution in [0.2, 0.25) is 0 Å². The van der Waals surface area contributed by atoms with Crippen molar-refractivity contribution >= 4 is 11.5 Å². The van der Waals surface area contributed by atoms with Crippen LogP contribution in [0.15, 0.2) is 17.2 Å². The summed E-state index contributed by atoms with van der Waals surface area (Å²) >= 11 is 0. The maximum absolute atomic E-state index is 11.3. The molecule has 1 fully saturated rings. The topological polar surface area (TPSA) is 95.3 Å². The molecule has 1 saturated carbocycles. The Balaban J connectivity index is 1.92. The van der Waals surface area contributed by atoms with E-state index in [9.17, 15) is 9.90 Å². The molecule has 0 atom stereocenters. The predicted molar refractivity (Wildman–Crippen MR) is 65.5 cm³/mol. The van der Waals surface area contributed by atoms with E-state index in [-0.39, 0.29) is 17.8 Å². The van der Waals surface area contributed by atoms with E-state index in [1.54, 1.807) is 6.07 Å². The van der Waals surface area contributed by atoms with Crippen molar-refractivity contribution in [3.05, 3.63) is 22.9 Å². The molecule has 7 nitrogen and oxygen atoms in total. The molecule has 1 aliphatic carbocycles. The molecule has 0 saturated heterocycles. The molecule has 18 heavy (non-hydrogen) atoms. The Labute approximate surface area is 103 Å². The second-order valence-corrected chi connectivity index (χ2v) is 4.80. The largest absolute Gasteiger partial charge is 0.394 e. The number of rotatable bonds is 3. The van der Waals surface area contributed by atoms with Crippen LogP contribution < -0.4 is 11.0 Å². The number of aliphatic hydroxyl groups is 1. The van der Waals surface area contributed by atoms with E-state index in [0.717, 1.165) is 25.7 Å². The van der Waals surface area contributed by atoms with Crippen molar-refractivity contribution in [3.63, 3.8) is 0 Å². The summed E-state index contributed by atoms with van der Waals surface area (Å²) in [5, 5.41) is 19.0. The molecule has 2 aromatic rings. The summed E-state index contributed by atoms with van der Waals surface area (Å²) in [5.74, 6) is 0.637. The fourth-order valence-electron chi connectivity index (χ4n) is 2.52. The molecule has 0 radical (unpaired) electrons. The summed E-state index contributed by atoms with van der Waals surface area (Å²) in [5.41, 5.74) is -0.0625. The average molecular weight is 249 g/mol. The first kappa shape index (κ1) is 11.2. The zero-order valence-corrected chi connectivity index (χ0v) is 9.89. The molecular weight excluding hydrogens is 234 g/mol. The monoisotopic (exact) mass is 249 g/mol. The van der Waals surface area contributed by atoms with Gasteiger partial charge in [-0.1, -0.05) is 12.8 Å². The summed E-state index contributed by atoms with van der Waals surface area (Å²) in [6.45, 7) is 0.0905. The highest BCUT2D eigenvalue weighted by Gasteiger charge is 2.33. The Morgan fingerprint density at radius 1 is 1.50 bits per heavy atom. The summed E-state index contributed by atoms with van der Waals surface area (Å²) in [6.07, 6.45) is 5.52. The van der Waals surface area contributed by atoms with E-state index >= 15 is 0 Å². The van der Waals surface area contributed by atoms with Crippen molar-refractivity contribution in [1.29, 1.82) is 0 Å². The minimum atomic E-state index is -0.304. The summed E-state index contributed by atoms with van der Waals surface area (Å²) in [4.78, 5) is 15.5. The number of aromatic nitrogens is 4. The van der Waals surface area contributed by atoms with E-state index in [1.807, 2.05) is 0 Å². The number of aromatic amines is 1. The Morgan fingerprint density at radius 2 is 2.28 bits per heavy atom. The molecule has 0 aliphatic heterocycles. The molecule has 3 N–H and O–H groups in total. The van der Waals surface area contributed by atoms with Gasteiger partial charge in [0.05, 0.1) is 12.1 Å². The zero-order chi connectivity index (χ0) is 12.6. The molecule has 2 heterocycles. The molecule has 3 rings (SSSR count). The van der Waals surface area contributed by atoms with Crippen LogP contribution in [-0.4, -0.2) is 36.8 Å². The highest BCUT2D eigenvalue weighted by molar-refractivity contribution is 5.49. The normalized spacial score (nSPS) is 18.3. The highest BCUT2D eigenvalue weighted by atomic mass is 16.3. The summed E-state index contributed by atoms with van der Waals surface area (Å²) < 4.78 is 1.34. The lowest BCUT2D eigenvalue weighted by atomic mass is 9.99. The third-order valence-electron chi connectivity index (χ3n) is 3.57. The second-order valence-electron chi connectivity index (χ2n) is 4.80. The maximum Gasteiger partial charge on any atom is 0.348 e. The number of hydrogen-bond donors (Lipinski definition) is 3. The first-order valence-electron chi connectivity index (χ1n) is 6.04. The molecule has 2 aromatic heterocycles. The average Bonchev–Trinajstić information content (AvgIpc) is 2.98. The minimum Gasteiger partial charge on any atom is -0.394 e. The van der Waals surface area contributed by atoms with Crippen LogP contribution >= 0.6 is 0 Å². The van der Waals surface area contributed by atoms with E-state index in [0.29, 0.717) is 11.5 Å². The molecule has 96 valence electrons. The number of nitrogens with zero attached hydrogens (tertiary/aromatic N) is 3. The molecule has 0 aromatic carbocycles. The van der Waals surface area contributed by atoms with Crippen molar-refractivity contribution in [2.24, 2.45) is 0 Å². The molecule has 0 amide bonds. The Morgan fingerprint density at radius 3 is 3.00 bits per heavy atom. The smallest absolute Gasteiger partial charge is 0.348 e. The fraction of sp³-hybridized carbons (Fsp3) is 0.545. The van der Waals surface area contributed by atoms with Crippen LogP contribution in [0.1, 0.15) is 25.7 Å². The van der Waals surface area contributed by atoms with E-state index < -0.39 is 0 Å². The van der Waals surface area contributed by atoms with Gasteiger partial charge < -0.3 is 10.4 Å². The number of fused-ring (bicyclic) bond motifs is 1. The first-order valence-corrected chi connectivity index (χ1v) is 6.04. The van der Waals surface area contributed by atoms with Gasteiger partial charge in [-0.3, -0.25) is 0 Å². The van der Waals surface area contributed by atoms with Gasteiger partial charge in [0.25, 0.3) is 0 Å². The van der Waals surface area contributed by atoms with E-state index in [4.69, 9.17) is 0 Å². The lowest BCUT2D eigenvalue weighted by Gasteiger charge is -2.28. The minimum absolute atomic E-state index is 0.0905. The van der Waals surface area contributed by atoms with Crippen LogP contribution in [-0.2, 0) is 0 Å². The number of H-pyrrole nitrogens is 1. The van der Waals surface area contributed by atoms with Crippen molar-refractivity contribution in [3.8, 4) is 0 Å². The van der Waals surface area contributed by atoms with Gasteiger partial charge in [-0.25, -0.2) is 19.3 Å². The third kappa shape index (κ3) is 1.76. The standard InChI is InChI=1S/C11H15N5O2/c17-6-11(3-1-2-4-11)13-8-5-9-14-15-10(18)16(9)7-12-8/h5,7,13,17H,1-4,6H2,(H,15,18). The highest BCUT2D eigenvalue weighted by Crippen LogP contribution is 2.32. The lowest BCUT2D eigenvalue weighted by Crippen LogP contribution is -2.39. The number of anilines is 1. The Kier molecular flexibility index (Phi) is 2.55. The molecule has 7 heteroatoms. The van der Waals surface area contributed by atoms with Crippen LogP contribution in [0.25, 0.3) is 5.65 Å². The van der Waals surface area contributed by atoms with Crippen LogP contribution in [0.5, 0.6) is 0 Å². The zero-order valence-electron chi connectivity index (χ0n) is 9.89. The van der Waals surface area contributed by atoms with Crippen LogP contribution in [0, 0.1) is 0 Å². The molecular formula is C11H15N5O2. The Hall–Kier alpha value is -1.89. The van der Waals surface area contributed by atoms with E-state index in [1.165, 1.54) is 10.7 Å². The van der Waals surface area contributed by atoms with Crippen molar-refractivity contribution < 1.29 is 5.11 Å². The Bertz CT molecular complexity index is 611. The van der Waals surface area contributed by atoms with Gasteiger partial charge in [0.1, 0.15) is 12.1 Å². The molecule has 0 bridgehead atoms. The number of aliphatic hydroxyl groups excluding tert-OH is 1. The first-order chi connectivity index (χ1) is 8.72. The van der Waals surface area contributed by atoms with Gasteiger partial charge in [-0.15, -0.1) is 0 Å². The predicted octanol–water partition coefficient (Wildman–Crippen LogP) is 0.135. The molecule has 0 spiro atoms. The lowest BCUT2D eigenvalue weighted by molar-refractivity contribution is 0.214. The van der Waals surface area contributed by atoms with Crippen LogP contribution in [0.3, 0.4) is 0 Å².